The molecule has 2 aliphatic rings. The normalized spacial score (nSPS) is 18.8. The molecule has 8 heteroatoms. The molecule has 2 fully saturated rings. The Hall–Kier alpha value is -2.56. The summed E-state index contributed by atoms with van der Waals surface area (Å²) in [5, 5.41) is 9.47. The van der Waals surface area contributed by atoms with Crippen molar-refractivity contribution in [2.75, 3.05) is 31.1 Å². The summed E-state index contributed by atoms with van der Waals surface area (Å²) in [4.78, 5) is 17.8. The summed E-state index contributed by atoms with van der Waals surface area (Å²) in [6.07, 6.45) is 2.91. The van der Waals surface area contributed by atoms with Crippen molar-refractivity contribution in [2.24, 2.45) is 0 Å². The van der Waals surface area contributed by atoms with Crippen molar-refractivity contribution in [2.45, 2.75) is 41.7 Å². The van der Waals surface area contributed by atoms with E-state index in [-0.39, 0.29) is 10.8 Å². The van der Waals surface area contributed by atoms with Crippen LogP contribution < -0.4 is 4.90 Å². The minimum absolute atomic E-state index is 0.159. The van der Waals surface area contributed by atoms with Crippen LogP contribution in [-0.4, -0.2) is 50.2 Å². The molecule has 6 nitrogen and oxygen atoms in total. The number of benzene rings is 2. The highest BCUT2D eigenvalue weighted by molar-refractivity contribution is 7.93. The maximum atomic E-state index is 13.8. The van der Waals surface area contributed by atoms with E-state index in [4.69, 9.17) is 16.9 Å². The molecule has 1 amide bonds. The molecule has 0 unspecified atom stereocenters. The average Bonchev–Trinajstić information content (AvgIpc) is 3.19. The van der Waals surface area contributed by atoms with E-state index < -0.39 is 14.6 Å². The Balaban J connectivity index is 1.56. The minimum Gasteiger partial charge on any atom is -0.370 e. The molecule has 32 heavy (non-hydrogen) atoms. The van der Waals surface area contributed by atoms with Gasteiger partial charge in [-0.2, -0.15) is 5.26 Å². The molecule has 0 N–H and O–H groups in total. The summed E-state index contributed by atoms with van der Waals surface area (Å²) in [6, 6.07) is 15.6. The lowest BCUT2D eigenvalue weighted by molar-refractivity contribution is -0.133. The molecular formula is C24H26ClN3O3S. The van der Waals surface area contributed by atoms with Gasteiger partial charge in [-0.1, -0.05) is 24.4 Å². The molecule has 0 aromatic heterocycles. The van der Waals surface area contributed by atoms with E-state index in [1.54, 1.807) is 29.2 Å². The maximum absolute atomic E-state index is 13.8. The van der Waals surface area contributed by atoms with Crippen LogP contribution in [0.3, 0.4) is 0 Å². The number of carbonyl (C=O) groups is 1. The van der Waals surface area contributed by atoms with Crippen LogP contribution in [0.1, 0.15) is 37.7 Å². The van der Waals surface area contributed by atoms with Crippen LogP contribution in [0.4, 0.5) is 5.69 Å². The number of amides is 1. The molecule has 1 aliphatic heterocycles. The monoisotopic (exact) mass is 471 g/mol. The van der Waals surface area contributed by atoms with E-state index in [1.807, 2.05) is 12.1 Å². The topological polar surface area (TPSA) is 81.5 Å². The van der Waals surface area contributed by atoms with Gasteiger partial charge in [-0.3, -0.25) is 4.79 Å². The highest BCUT2D eigenvalue weighted by Crippen LogP contribution is 2.42. The van der Waals surface area contributed by atoms with Gasteiger partial charge in [-0.15, -0.1) is 0 Å². The van der Waals surface area contributed by atoms with Crippen molar-refractivity contribution in [1.29, 1.82) is 5.26 Å². The van der Waals surface area contributed by atoms with Crippen LogP contribution in [0.2, 0.25) is 5.02 Å². The van der Waals surface area contributed by atoms with Crippen LogP contribution in [0.5, 0.6) is 0 Å². The molecule has 1 saturated carbocycles. The lowest BCUT2D eigenvalue weighted by Crippen LogP contribution is -2.53. The second-order valence-corrected chi connectivity index (χ2v) is 11.1. The van der Waals surface area contributed by atoms with E-state index in [0.29, 0.717) is 43.1 Å². The van der Waals surface area contributed by atoms with E-state index in [2.05, 4.69) is 11.0 Å². The fourth-order valence-electron chi connectivity index (χ4n) is 4.80. The molecule has 0 atom stereocenters. The molecule has 1 aliphatic carbocycles. The number of rotatable bonds is 4. The summed E-state index contributed by atoms with van der Waals surface area (Å²) in [5.74, 6) is -0.272. The van der Waals surface area contributed by atoms with Gasteiger partial charge in [0, 0.05) is 36.9 Å². The van der Waals surface area contributed by atoms with Gasteiger partial charge in [0.2, 0.25) is 5.91 Å². The third-order valence-electron chi connectivity index (χ3n) is 6.58. The molecule has 168 valence electrons. The Labute approximate surface area is 194 Å². The van der Waals surface area contributed by atoms with Gasteiger partial charge in [0.15, 0.2) is 14.6 Å². The third kappa shape index (κ3) is 4.10. The number of nitriles is 1. The van der Waals surface area contributed by atoms with E-state index >= 15 is 0 Å². The van der Waals surface area contributed by atoms with Crippen molar-refractivity contribution in [1.82, 2.24) is 4.90 Å². The molecule has 0 spiro atoms. The number of anilines is 1. The van der Waals surface area contributed by atoms with Gasteiger partial charge in [0.1, 0.15) is 0 Å². The van der Waals surface area contributed by atoms with E-state index in [1.165, 1.54) is 12.1 Å². The molecule has 0 radical (unpaired) electrons. The number of halogens is 1. The first kappa shape index (κ1) is 22.6. The highest BCUT2D eigenvalue weighted by Gasteiger charge is 2.54. The van der Waals surface area contributed by atoms with E-state index in [0.717, 1.165) is 31.5 Å². The van der Waals surface area contributed by atoms with Crippen LogP contribution in [0.15, 0.2) is 53.4 Å². The van der Waals surface area contributed by atoms with Crippen LogP contribution >= 0.6 is 11.6 Å². The quantitative estimate of drug-likeness (QED) is 0.672. The first-order valence-corrected chi connectivity index (χ1v) is 12.8. The predicted molar refractivity (Wildman–Crippen MR) is 124 cm³/mol. The maximum Gasteiger partial charge on any atom is 0.244 e. The Morgan fingerprint density at radius 1 is 0.906 bits per heavy atom. The van der Waals surface area contributed by atoms with Crippen molar-refractivity contribution in [3.8, 4) is 6.07 Å². The van der Waals surface area contributed by atoms with Gasteiger partial charge in [-0.25, -0.2) is 8.42 Å². The summed E-state index contributed by atoms with van der Waals surface area (Å²) < 4.78 is 25.9. The van der Waals surface area contributed by atoms with Crippen LogP contribution in [0.25, 0.3) is 0 Å². The van der Waals surface area contributed by atoms with Gasteiger partial charge < -0.3 is 9.80 Å². The average molecular weight is 472 g/mol. The van der Waals surface area contributed by atoms with Crippen LogP contribution in [-0.2, 0) is 14.6 Å². The van der Waals surface area contributed by atoms with Gasteiger partial charge in [0.05, 0.1) is 16.5 Å². The lowest BCUT2D eigenvalue weighted by atomic mass is 10.1. The SMILES string of the molecule is N#Cc1ccc(N2CCCN(C(=O)C3(S(=O)(=O)c4ccc(Cl)cc4)CCCC3)CC2)cc1. The molecule has 1 heterocycles. The number of sulfone groups is 1. The van der Waals surface area contributed by atoms with Crippen molar-refractivity contribution in [3.63, 3.8) is 0 Å². The fourth-order valence-corrected chi connectivity index (χ4v) is 7.05. The third-order valence-corrected chi connectivity index (χ3v) is 9.34. The first-order chi connectivity index (χ1) is 15.4. The summed E-state index contributed by atoms with van der Waals surface area (Å²) in [7, 11) is -3.85. The second-order valence-electron chi connectivity index (χ2n) is 8.45. The molecule has 2 aromatic rings. The highest BCUT2D eigenvalue weighted by atomic mass is 35.5. The Morgan fingerprint density at radius 3 is 2.19 bits per heavy atom. The summed E-state index contributed by atoms with van der Waals surface area (Å²) in [6.45, 7) is 2.39. The standard InChI is InChI=1S/C24H26ClN3O3S/c25-20-6-10-22(11-7-20)32(30,31)24(12-1-2-13-24)23(29)28-15-3-14-27(16-17-28)21-8-4-19(18-26)5-9-21/h4-11H,1-3,12-17H2. The number of hydrogen-bond acceptors (Lipinski definition) is 5. The summed E-state index contributed by atoms with van der Waals surface area (Å²) in [5.41, 5.74) is 1.61. The van der Waals surface area contributed by atoms with Crippen molar-refractivity contribution < 1.29 is 13.2 Å². The minimum atomic E-state index is -3.85. The van der Waals surface area contributed by atoms with Crippen molar-refractivity contribution >= 4 is 33.0 Å². The number of nitrogens with zero attached hydrogens (tertiary/aromatic N) is 3. The molecule has 0 bridgehead atoms. The number of hydrogen-bond donors (Lipinski definition) is 0. The van der Waals surface area contributed by atoms with Gasteiger partial charge >= 0.3 is 0 Å². The first-order valence-electron chi connectivity index (χ1n) is 10.9. The largest absolute Gasteiger partial charge is 0.370 e. The zero-order chi connectivity index (χ0) is 22.8. The van der Waals surface area contributed by atoms with Crippen LogP contribution in [0, 0.1) is 11.3 Å². The zero-order valence-electron chi connectivity index (χ0n) is 17.8. The van der Waals surface area contributed by atoms with E-state index in [9.17, 15) is 13.2 Å². The summed E-state index contributed by atoms with van der Waals surface area (Å²) >= 11 is 5.95. The fraction of sp³-hybridized carbons (Fsp3) is 0.417. The van der Waals surface area contributed by atoms with Gasteiger partial charge in [0.25, 0.3) is 0 Å². The predicted octanol–water partition coefficient (Wildman–Crippen LogP) is 4.04. The molecular weight excluding hydrogens is 446 g/mol. The Morgan fingerprint density at radius 2 is 1.56 bits per heavy atom. The Bertz CT molecular complexity index is 1120. The van der Waals surface area contributed by atoms with Gasteiger partial charge in [-0.05, 0) is 67.8 Å². The van der Waals surface area contributed by atoms with Crippen molar-refractivity contribution in [3.05, 3.63) is 59.1 Å². The smallest absolute Gasteiger partial charge is 0.244 e. The second kappa shape index (κ2) is 9.13. The lowest BCUT2D eigenvalue weighted by Gasteiger charge is -2.33. The number of carbonyl (C=O) groups excluding carboxylic acids is 1. The molecule has 2 aromatic carbocycles. The Kier molecular flexibility index (Phi) is 6.45. The molecule has 1 saturated heterocycles. The molecule has 4 rings (SSSR count). The zero-order valence-corrected chi connectivity index (χ0v) is 19.4.